The Balaban J connectivity index is 1.65. The predicted molar refractivity (Wildman–Crippen MR) is 76.8 cm³/mol. The van der Waals surface area contributed by atoms with Gasteiger partial charge in [-0.3, -0.25) is 9.48 Å². The summed E-state index contributed by atoms with van der Waals surface area (Å²) in [6.45, 7) is 3.14. The molecule has 0 aromatic carbocycles. The van der Waals surface area contributed by atoms with Gasteiger partial charge in [0.15, 0.2) is 5.54 Å². The Morgan fingerprint density at radius 1 is 1.43 bits per heavy atom. The van der Waals surface area contributed by atoms with Crippen LogP contribution in [0.3, 0.4) is 0 Å². The first-order chi connectivity index (χ1) is 9.85. The summed E-state index contributed by atoms with van der Waals surface area (Å²) in [5.41, 5.74) is -0.301. The van der Waals surface area contributed by atoms with Crippen molar-refractivity contribution >= 4 is 17.6 Å². The Bertz CT molecular complexity index is 585. The number of nitrogens with one attached hydrogen (secondary N) is 1. The molecule has 1 aromatic rings. The Labute approximate surface area is 123 Å². The van der Waals surface area contributed by atoms with Crippen molar-refractivity contribution in [1.82, 2.24) is 9.78 Å². The van der Waals surface area contributed by atoms with Crippen LogP contribution in [-0.2, 0) is 15.1 Å². The highest BCUT2D eigenvalue weighted by atomic mass is 16.4. The smallest absolute Gasteiger partial charge is 0.331 e. The first-order valence-corrected chi connectivity index (χ1v) is 7.45. The van der Waals surface area contributed by atoms with E-state index >= 15 is 0 Å². The van der Waals surface area contributed by atoms with E-state index < -0.39 is 11.5 Å². The molecule has 1 aromatic heterocycles. The predicted octanol–water partition coefficient (Wildman–Crippen LogP) is 2.22. The maximum absolute atomic E-state index is 12.3. The van der Waals surface area contributed by atoms with E-state index in [2.05, 4.69) is 10.4 Å². The maximum atomic E-state index is 12.3. The number of carbonyl (C=O) groups is 2. The third-order valence-corrected chi connectivity index (χ3v) is 5.05. The van der Waals surface area contributed by atoms with Crippen molar-refractivity contribution in [3.63, 3.8) is 0 Å². The van der Waals surface area contributed by atoms with Crippen LogP contribution >= 0.6 is 0 Å². The van der Waals surface area contributed by atoms with Crippen molar-refractivity contribution in [3.05, 3.63) is 12.4 Å². The number of anilines is 1. The number of nitrogens with zero attached hydrogens (tertiary/aromatic N) is 2. The summed E-state index contributed by atoms with van der Waals surface area (Å²) in [6.07, 6.45) is 8.87. The van der Waals surface area contributed by atoms with Crippen LogP contribution in [-0.4, -0.2) is 26.8 Å². The molecule has 2 N–H and O–H groups in total. The van der Waals surface area contributed by atoms with Crippen molar-refractivity contribution < 1.29 is 14.7 Å². The maximum Gasteiger partial charge on any atom is 0.331 e. The first-order valence-electron chi connectivity index (χ1n) is 7.45. The summed E-state index contributed by atoms with van der Waals surface area (Å²) in [5.74, 6) is -0.795. The van der Waals surface area contributed by atoms with Crippen LogP contribution in [0.25, 0.3) is 0 Å². The lowest BCUT2D eigenvalue weighted by Crippen LogP contribution is -2.35. The Hall–Kier alpha value is -1.85. The molecule has 1 heterocycles. The number of amides is 1. The van der Waals surface area contributed by atoms with Gasteiger partial charge >= 0.3 is 5.97 Å². The minimum Gasteiger partial charge on any atom is -0.479 e. The van der Waals surface area contributed by atoms with E-state index in [0.29, 0.717) is 5.69 Å². The normalized spacial score (nSPS) is 23.2. The summed E-state index contributed by atoms with van der Waals surface area (Å²) >= 11 is 0. The average Bonchev–Trinajstić information content (AvgIpc) is 2.78. The Kier molecular flexibility index (Phi) is 3.07. The fourth-order valence-electron chi connectivity index (χ4n) is 3.37. The molecule has 3 rings (SSSR count). The molecule has 2 aliphatic carbocycles. The molecule has 2 saturated carbocycles. The van der Waals surface area contributed by atoms with Gasteiger partial charge in [-0.2, -0.15) is 5.10 Å². The SMILES string of the molecule is CC(C)(C(=O)O)n1cc(NC(=O)C2CC23CCCC3)cn1. The highest BCUT2D eigenvalue weighted by Crippen LogP contribution is 2.63. The van der Waals surface area contributed by atoms with Crippen molar-refractivity contribution in [2.75, 3.05) is 5.32 Å². The third-order valence-electron chi connectivity index (χ3n) is 5.05. The molecule has 1 spiro atoms. The van der Waals surface area contributed by atoms with Crippen molar-refractivity contribution in [2.24, 2.45) is 11.3 Å². The second-order valence-electron chi connectivity index (χ2n) is 6.85. The molecule has 0 bridgehead atoms. The fourth-order valence-corrected chi connectivity index (χ4v) is 3.37. The van der Waals surface area contributed by atoms with Gasteiger partial charge in [0.2, 0.25) is 5.91 Å². The van der Waals surface area contributed by atoms with Crippen molar-refractivity contribution in [1.29, 1.82) is 0 Å². The van der Waals surface area contributed by atoms with Crippen LogP contribution < -0.4 is 5.32 Å². The van der Waals surface area contributed by atoms with Gasteiger partial charge < -0.3 is 10.4 Å². The topological polar surface area (TPSA) is 84.2 Å². The summed E-state index contributed by atoms with van der Waals surface area (Å²) in [6, 6.07) is 0. The third kappa shape index (κ3) is 2.32. The van der Waals surface area contributed by atoms with E-state index in [0.717, 1.165) is 19.3 Å². The lowest BCUT2D eigenvalue weighted by atomic mass is 10.0. The van der Waals surface area contributed by atoms with Crippen LogP contribution in [0.15, 0.2) is 12.4 Å². The largest absolute Gasteiger partial charge is 0.479 e. The molecular weight excluding hydrogens is 270 g/mol. The van der Waals surface area contributed by atoms with E-state index in [1.54, 1.807) is 20.0 Å². The summed E-state index contributed by atoms with van der Waals surface area (Å²) in [7, 11) is 0. The minimum absolute atomic E-state index is 0.0459. The second-order valence-corrected chi connectivity index (χ2v) is 6.85. The van der Waals surface area contributed by atoms with Gasteiger partial charge in [-0.25, -0.2) is 4.79 Å². The van der Waals surface area contributed by atoms with Gasteiger partial charge in [-0.15, -0.1) is 0 Å². The van der Waals surface area contributed by atoms with E-state index in [9.17, 15) is 14.7 Å². The molecule has 114 valence electrons. The summed E-state index contributed by atoms with van der Waals surface area (Å²) < 4.78 is 1.36. The van der Waals surface area contributed by atoms with E-state index in [1.165, 1.54) is 23.7 Å². The molecule has 0 radical (unpaired) electrons. The van der Waals surface area contributed by atoms with Crippen LogP contribution in [0.5, 0.6) is 0 Å². The number of carboxylic acid groups (broad SMARTS) is 1. The van der Waals surface area contributed by atoms with Gasteiger partial charge in [-0.05, 0) is 38.5 Å². The number of aliphatic carboxylic acids is 1. The van der Waals surface area contributed by atoms with Gasteiger partial charge in [0.1, 0.15) is 0 Å². The zero-order valence-electron chi connectivity index (χ0n) is 12.4. The van der Waals surface area contributed by atoms with Gasteiger partial charge in [0.25, 0.3) is 0 Å². The van der Waals surface area contributed by atoms with Gasteiger partial charge in [0, 0.05) is 12.1 Å². The Morgan fingerprint density at radius 3 is 2.71 bits per heavy atom. The van der Waals surface area contributed by atoms with Crippen LogP contribution in [0.4, 0.5) is 5.69 Å². The molecule has 1 unspecified atom stereocenters. The molecule has 21 heavy (non-hydrogen) atoms. The van der Waals surface area contributed by atoms with Crippen LogP contribution in [0.2, 0.25) is 0 Å². The number of carboxylic acids is 1. The standard InChI is InChI=1S/C15H21N3O3/c1-14(2,13(20)21)18-9-10(8-16-18)17-12(19)11-7-15(11)5-3-4-6-15/h8-9,11H,3-7H2,1-2H3,(H,17,19)(H,20,21). The Morgan fingerprint density at radius 2 is 2.10 bits per heavy atom. The van der Waals surface area contributed by atoms with Crippen molar-refractivity contribution in [2.45, 2.75) is 51.5 Å². The molecule has 0 saturated heterocycles. The zero-order valence-corrected chi connectivity index (χ0v) is 12.4. The number of carbonyl (C=O) groups excluding carboxylic acids is 1. The van der Waals surface area contributed by atoms with E-state index in [1.807, 2.05) is 0 Å². The molecule has 1 amide bonds. The molecule has 2 aliphatic rings. The zero-order chi connectivity index (χ0) is 15.3. The van der Waals surface area contributed by atoms with E-state index in [4.69, 9.17) is 0 Å². The monoisotopic (exact) mass is 291 g/mol. The number of hydrogen-bond donors (Lipinski definition) is 2. The minimum atomic E-state index is -1.13. The number of hydrogen-bond acceptors (Lipinski definition) is 3. The first kappa shape index (κ1) is 14.1. The quantitative estimate of drug-likeness (QED) is 0.891. The molecule has 6 nitrogen and oxygen atoms in total. The lowest BCUT2D eigenvalue weighted by Gasteiger charge is -2.19. The summed E-state index contributed by atoms with van der Waals surface area (Å²) in [4.78, 5) is 23.5. The van der Waals surface area contributed by atoms with Gasteiger partial charge in [-0.1, -0.05) is 12.8 Å². The summed E-state index contributed by atoms with van der Waals surface area (Å²) in [5, 5.41) is 16.1. The molecule has 0 aliphatic heterocycles. The molecule has 2 fully saturated rings. The average molecular weight is 291 g/mol. The van der Waals surface area contributed by atoms with Crippen LogP contribution in [0.1, 0.15) is 46.0 Å². The lowest BCUT2D eigenvalue weighted by molar-refractivity contribution is -0.146. The molecule has 1 atom stereocenters. The highest BCUT2D eigenvalue weighted by molar-refractivity contribution is 5.95. The fraction of sp³-hybridized carbons (Fsp3) is 0.667. The highest BCUT2D eigenvalue weighted by Gasteiger charge is 2.58. The molecule has 6 heteroatoms. The number of aromatic nitrogens is 2. The number of rotatable bonds is 4. The van der Waals surface area contributed by atoms with Crippen molar-refractivity contribution in [3.8, 4) is 0 Å². The van der Waals surface area contributed by atoms with Gasteiger partial charge in [0.05, 0.1) is 11.9 Å². The second kappa shape index (κ2) is 4.58. The van der Waals surface area contributed by atoms with E-state index in [-0.39, 0.29) is 17.2 Å². The van der Waals surface area contributed by atoms with Crippen LogP contribution in [0, 0.1) is 11.3 Å². The molecular formula is C15H21N3O3.